The maximum atomic E-state index is 10.7. The van der Waals surface area contributed by atoms with E-state index in [2.05, 4.69) is 5.32 Å². The molecular weight excluding hydrogens is 242 g/mol. The van der Waals surface area contributed by atoms with Crippen LogP contribution in [0.25, 0.3) is 0 Å². The molecule has 5 nitrogen and oxygen atoms in total. The van der Waals surface area contributed by atoms with Crippen LogP contribution in [0.5, 0.6) is 0 Å². The van der Waals surface area contributed by atoms with E-state index in [0.717, 1.165) is 24.6 Å². The van der Waals surface area contributed by atoms with E-state index in [1.54, 1.807) is 6.07 Å². The van der Waals surface area contributed by atoms with Crippen LogP contribution in [-0.2, 0) is 0 Å². The van der Waals surface area contributed by atoms with E-state index in [9.17, 15) is 10.1 Å². The number of nitrogens with one attached hydrogen (secondary N) is 1. The summed E-state index contributed by atoms with van der Waals surface area (Å²) in [4.78, 5) is 10.3. The van der Waals surface area contributed by atoms with Crippen molar-refractivity contribution >= 4 is 17.1 Å². The molecule has 0 spiro atoms. The van der Waals surface area contributed by atoms with Crippen molar-refractivity contribution in [3.63, 3.8) is 0 Å². The van der Waals surface area contributed by atoms with Gasteiger partial charge in [-0.15, -0.1) is 0 Å². The van der Waals surface area contributed by atoms with E-state index in [1.807, 2.05) is 0 Å². The molecule has 5 heteroatoms. The molecule has 1 aliphatic rings. The predicted octanol–water partition coefficient (Wildman–Crippen LogP) is 3.56. The number of nitro benzene ring substituents is 1. The Labute approximate surface area is 113 Å². The van der Waals surface area contributed by atoms with Gasteiger partial charge in [0.1, 0.15) is 0 Å². The van der Waals surface area contributed by atoms with Gasteiger partial charge in [0.2, 0.25) is 0 Å². The third-order valence-electron chi connectivity index (χ3n) is 3.76. The Bertz CT molecular complexity index is 442. The average Bonchev–Trinajstić information content (AvgIpc) is 2.39. The third-order valence-corrected chi connectivity index (χ3v) is 3.76. The second-order valence-electron chi connectivity index (χ2n) is 5.29. The first-order valence-electron chi connectivity index (χ1n) is 6.94. The van der Waals surface area contributed by atoms with Crippen molar-refractivity contribution in [3.05, 3.63) is 28.3 Å². The largest absolute Gasteiger partial charge is 0.398 e. The smallest absolute Gasteiger partial charge is 0.273 e. The molecule has 3 N–H and O–H groups in total. The molecule has 0 heterocycles. The Morgan fingerprint density at radius 3 is 2.68 bits per heavy atom. The summed E-state index contributed by atoms with van der Waals surface area (Å²) in [5, 5.41) is 14.0. The predicted molar refractivity (Wildman–Crippen MR) is 77.2 cm³/mol. The Morgan fingerprint density at radius 1 is 1.26 bits per heavy atom. The molecule has 0 atom stereocenters. The lowest BCUT2D eigenvalue weighted by atomic mass is 9.87. The van der Waals surface area contributed by atoms with E-state index in [-0.39, 0.29) is 5.69 Å². The number of anilines is 2. The van der Waals surface area contributed by atoms with Crippen LogP contribution in [0, 0.1) is 16.0 Å². The number of hydrogen-bond acceptors (Lipinski definition) is 4. The van der Waals surface area contributed by atoms with Crippen molar-refractivity contribution in [1.82, 2.24) is 0 Å². The summed E-state index contributed by atoms with van der Waals surface area (Å²) < 4.78 is 0. The zero-order valence-electron chi connectivity index (χ0n) is 11.1. The van der Waals surface area contributed by atoms with Crippen LogP contribution in [0.3, 0.4) is 0 Å². The number of nitrogen functional groups attached to an aromatic ring is 1. The summed E-state index contributed by atoms with van der Waals surface area (Å²) in [5.74, 6) is 0.803. The van der Waals surface area contributed by atoms with E-state index in [1.165, 1.54) is 44.2 Å². The SMILES string of the molecule is Nc1cc(NCCC2CCCCC2)cc([N+](=O)[O-])c1. The molecule has 2 rings (SSSR count). The molecule has 1 aliphatic carbocycles. The van der Waals surface area contributed by atoms with Gasteiger partial charge in [0, 0.05) is 30.1 Å². The van der Waals surface area contributed by atoms with Crippen LogP contribution in [-0.4, -0.2) is 11.5 Å². The van der Waals surface area contributed by atoms with Gasteiger partial charge < -0.3 is 11.1 Å². The molecule has 0 unspecified atom stereocenters. The van der Waals surface area contributed by atoms with Gasteiger partial charge in [-0.2, -0.15) is 0 Å². The third kappa shape index (κ3) is 4.12. The van der Waals surface area contributed by atoms with Gasteiger partial charge in [-0.3, -0.25) is 10.1 Å². The Kier molecular flexibility index (Phi) is 4.60. The van der Waals surface area contributed by atoms with Gasteiger partial charge in [-0.1, -0.05) is 32.1 Å². The molecule has 19 heavy (non-hydrogen) atoms. The van der Waals surface area contributed by atoms with Gasteiger partial charge in [0.05, 0.1) is 4.92 Å². The molecule has 0 saturated heterocycles. The molecule has 0 radical (unpaired) electrons. The minimum absolute atomic E-state index is 0.0418. The summed E-state index contributed by atoms with van der Waals surface area (Å²) in [6.07, 6.45) is 7.81. The first-order valence-corrected chi connectivity index (χ1v) is 6.94. The Balaban J connectivity index is 1.86. The molecule has 1 saturated carbocycles. The molecule has 0 bridgehead atoms. The number of non-ortho nitro benzene ring substituents is 1. The van der Waals surface area contributed by atoms with E-state index in [4.69, 9.17) is 5.73 Å². The highest BCUT2D eigenvalue weighted by molar-refractivity contribution is 5.61. The lowest BCUT2D eigenvalue weighted by Crippen LogP contribution is -2.12. The zero-order chi connectivity index (χ0) is 13.7. The zero-order valence-corrected chi connectivity index (χ0v) is 11.1. The normalized spacial score (nSPS) is 16.2. The number of rotatable bonds is 5. The number of nitrogens with zero attached hydrogens (tertiary/aromatic N) is 1. The van der Waals surface area contributed by atoms with Crippen molar-refractivity contribution in [2.24, 2.45) is 5.92 Å². The highest BCUT2D eigenvalue weighted by Crippen LogP contribution is 2.27. The van der Waals surface area contributed by atoms with E-state index >= 15 is 0 Å². The highest BCUT2D eigenvalue weighted by Gasteiger charge is 2.13. The number of hydrogen-bond donors (Lipinski definition) is 2. The minimum Gasteiger partial charge on any atom is -0.398 e. The van der Waals surface area contributed by atoms with Crippen molar-refractivity contribution in [2.75, 3.05) is 17.6 Å². The van der Waals surface area contributed by atoms with Crippen LogP contribution in [0.4, 0.5) is 17.1 Å². The van der Waals surface area contributed by atoms with Gasteiger partial charge in [-0.05, 0) is 18.4 Å². The average molecular weight is 263 g/mol. The summed E-state index contributed by atoms with van der Waals surface area (Å²) in [5.41, 5.74) is 6.87. The molecule has 0 amide bonds. The first kappa shape index (κ1) is 13.6. The molecule has 0 aromatic heterocycles. The highest BCUT2D eigenvalue weighted by atomic mass is 16.6. The summed E-state index contributed by atoms with van der Waals surface area (Å²) in [7, 11) is 0. The van der Waals surface area contributed by atoms with Crippen LogP contribution in [0.1, 0.15) is 38.5 Å². The van der Waals surface area contributed by atoms with Crippen LogP contribution in [0.15, 0.2) is 18.2 Å². The molecule has 1 aromatic rings. The van der Waals surface area contributed by atoms with E-state index < -0.39 is 4.92 Å². The van der Waals surface area contributed by atoms with Crippen LogP contribution < -0.4 is 11.1 Å². The Hall–Kier alpha value is -1.78. The number of nitrogens with two attached hydrogens (primary N) is 1. The maximum absolute atomic E-state index is 10.7. The Morgan fingerprint density at radius 2 is 2.00 bits per heavy atom. The van der Waals surface area contributed by atoms with Crippen molar-refractivity contribution in [2.45, 2.75) is 38.5 Å². The van der Waals surface area contributed by atoms with Gasteiger partial charge >= 0.3 is 0 Å². The summed E-state index contributed by atoms with van der Waals surface area (Å²) >= 11 is 0. The van der Waals surface area contributed by atoms with Crippen LogP contribution in [0.2, 0.25) is 0 Å². The molecule has 0 aliphatic heterocycles. The van der Waals surface area contributed by atoms with Crippen molar-refractivity contribution < 1.29 is 4.92 Å². The number of benzene rings is 1. The molecule has 1 fully saturated rings. The lowest BCUT2D eigenvalue weighted by molar-refractivity contribution is -0.384. The van der Waals surface area contributed by atoms with Gasteiger partial charge in [-0.25, -0.2) is 0 Å². The fourth-order valence-electron chi connectivity index (χ4n) is 2.74. The molecule has 104 valence electrons. The van der Waals surface area contributed by atoms with Gasteiger partial charge in [0.15, 0.2) is 0 Å². The fraction of sp³-hybridized carbons (Fsp3) is 0.571. The van der Waals surface area contributed by atoms with Gasteiger partial charge in [0.25, 0.3) is 5.69 Å². The standard InChI is InChI=1S/C14H21N3O2/c15-12-8-13(10-14(9-12)17(18)19)16-7-6-11-4-2-1-3-5-11/h8-11,16H,1-7,15H2. The molecule has 1 aromatic carbocycles. The second-order valence-corrected chi connectivity index (χ2v) is 5.29. The topological polar surface area (TPSA) is 81.2 Å². The monoisotopic (exact) mass is 263 g/mol. The maximum Gasteiger partial charge on any atom is 0.273 e. The van der Waals surface area contributed by atoms with E-state index in [0.29, 0.717) is 5.69 Å². The van der Waals surface area contributed by atoms with Crippen molar-refractivity contribution in [3.8, 4) is 0 Å². The molecular formula is C14H21N3O2. The van der Waals surface area contributed by atoms with Crippen molar-refractivity contribution in [1.29, 1.82) is 0 Å². The lowest BCUT2D eigenvalue weighted by Gasteiger charge is -2.21. The number of nitro groups is 1. The quantitative estimate of drug-likeness (QED) is 0.483. The summed E-state index contributed by atoms with van der Waals surface area (Å²) in [6.45, 7) is 0.852. The minimum atomic E-state index is -0.414. The summed E-state index contributed by atoms with van der Waals surface area (Å²) in [6, 6.07) is 4.66. The fourth-order valence-corrected chi connectivity index (χ4v) is 2.74. The van der Waals surface area contributed by atoms with Crippen LogP contribution >= 0.6 is 0 Å². The first-order chi connectivity index (χ1) is 9.15. The second kappa shape index (κ2) is 6.41.